The average molecular weight is 402 g/mol. The van der Waals surface area contributed by atoms with Crippen molar-refractivity contribution in [2.75, 3.05) is 0 Å². The third kappa shape index (κ3) is 3.40. The van der Waals surface area contributed by atoms with Crippen LogP contribution in [0.25, 0.3) is 11.2 Å². The molecule has 3 aromatic rings. The summed E-state index contributed by atoms with van der Waals surface area (Å²) in [4.78, 5) is 37.8. The zero-order chi connectivity index (χ0) is 19.8. The van der Waals surface area contributed by atoms with Crippen LogP contribution in [0.5, 0.6) is 6.01 Å². The second kappa shape index (κ2) is 7.35. The highest BCUT2D eigenvalue weighted by atomic mass is 35.5. The van der Waals surface area contributed by atoms with Crippen LogP contribution in [0.4, 0.5) is 0 Å². The predicted molar refractivity (Wildman–Crippen MR) is 105 cm³/mol. The molecule has 0 N–H and O–H groups in total. The Hall–Kier alpha value is -2.74. The molecule has 3 aromatic heterocycles. The standard InChI is InChI=1S/C19H20ClN5O3/c1-11-8-22-19(23-9-11)28-14-5-3-13(4-6-14)25-16-15(7-12(20)10-21-16)24(2)17(26)18(25)27/h7-10,13-14H,3-6H2,1-2H3/t13-,14-. The molecule has 0 amide bonds. The fourth-order valence-corrected chi connectivity index (χ4v) is 3.81. The molecule has 0 unspecified atom stereocenters. The normalized spacial score (nSPS) is 19.7. The van der Waals surface area contributed by atoms with Crippen molar-refractivity contribution in [1.29, 1.82) is 0 Å². The first-order valence-electron chi connectivity index (χ1n) is 9.16. The smallest absolute Gasteiger partial charge is 0.318 e. The molecule has 4 rings (SSSR count). The van der Waals surface area contributed by atoms with Crippen molar-refractivity contribution in [3.05, 3.63) is 56.0 Å². The number of ether oxygens (including phenoxy) is 1. The fraction of sp³-hybridized carbons (Fsp3) is 0.421. The SMILES string of the molecule is Cc1cnc(O[C@H]2CC[C@H](n3c(=O)c(=O)n(C)c4cc(Cl)cnc43)CC2)nc1. The lowest BCUT2D eigenvalue weighted by Crippen LogP contribution is -2.43. The number of aryl methyl sites for hydroxylation is 2. The number of halogens is 1. The maximum absolute atomic E-state index is 12.7. The Morgan fingerprint density at radius 3 is 2.39 bits per heavy atom. The van der Waals surface area contributed by atoms with Crippen LogP contribution in [-0.2, 0) is 7.05 Å². The molecule has 146 valence electrons. The third-order valence-electron chi connectivity index (χ3n) is 5.15. The minimum atomic E-state index is -0.581. The Morgan fingerprint density at radius 2 is 1.71 bits per heavy atom. The van der Waals surface area contributed by atoms with Crippen molar-refractivity contribution in [3.8, 4) is 6.01 Å². The fourth-order valence-electron chi connectivity index (χ4n) is 3.66. The van der Waals surface area contributed by atoms with Crippen molar-refractivity contribution in [1.82, 2.24) is 24.1 Å². The minimum absolute atomic E-state index is 0.0186. The maximum Gasteiger partial charge on any atom is 0.318 e. The van der Waals surface area contributed by atoms with Crippen molar-refractivity contribution in [3.63, 3.8) is 0 Å². The van der Waals surface area contributed by atoms with Crippen LogP contribution in [0, 0.1) is 6.92 Å². The number of aromatic nitrogens is 5. The molecule has 1 saturated carbocycles. The van der Waals surface area contributed by atoms with E-state index in [2.05, 4.69) is 15.0 Å². The van der Waals surface area contributed by atoms with Crippen LogP contribution in [0.2, 0.25) is 5.02 Å². The first-order valence-corrected chi connectivity index (χ1v) is 9.54. The van der Waals surface area contributed by atoms with Gasteiger partial charge >= 0.3 is 17.1 Å². The molecule has 3 heterocycles. The van der Waals surface area contributed by atoms with E-state index in [1.165, 1.54) is 15.3 Å². The molecule has 0 saturated heterocycles. The summed E-state index contributed by atoms with van der Waals surface area (Å²) in [6, 6.07) is 1.91. The van der Waals surface area contributed by atoms with Crippen molar-refractivity contribution >= 4 is 22.8 Å². The van der Waals surface area contributed by atoms with Gasteiger partial charge in [0.15, 0.2) is 5.65 Å². The molecule has 0 bridgehead atoms. The number of rotatable bonds is 3. The van der Waals surface area contributed by atoms with Gasteiger partial charge in [-0.2, -0.15) is 0 Å². The molecule has 1 aliphatic carbocycles. The lowest BCUT2D eigenvalue weighted by atomic mass is 9.92. The van der Waals surface area contributed by atoms with Gasteiger partial charge in [-0.05, 0) is 44.2 Å². The Labute approximate surface area is 165 Å². The molecule has 28 heavy (non-hydrogen) atoms. The third-order valence-corrected chi connectivity index (χ3v) is 5.35. The predicted octanol–water partition coefficient (Wildman–Crippen LogP) is 2.41. The van der Waals surface area contributed by atoms with Crippen molar-refractivity contribution < 1.29 is 4.74 Å². The highest BCUT2D eigenvalue weighted by Gasteiger charge is 2.27. The summed E-state index contributed by atoms with van der Waals surface area (Å²) in [5.74, 6) is 0. The van der Waals surface area contributed by atoms with Gasteiger partial charge in [0.1, 0.15) is 6.10 Å². The molecule has 8 nitrogen and oxygen atoms in total. The highest BCUT2D eigenvalue weighted by Crippen LogP contribution is 2.31. The monoisotopic (exact) mass is 401 g/mol. The number of nitrogens with zero attached hydrogens (tertiary/aromatic N) is 5. The summed E-state index contributed by atoms with van der Waals surface area (Å²) in [7, 11) is 1.56. The number of hydrogen-bond donors (Lipinski definition) is 0. The first-order chi connectivity index (χ1) is 13.4. The topological polar surface area (TPSA) is 91.9 Å². The molecular weight excluding hydrogens is 382 g/mol. The van der Waals surface area contributed by atoms with Crippen LogP contribution in [0.3, 0.4) is 0 Å². The van der Waals surface area contributed by atoms with Gasteiger partial charge in [0, 0.05) is 31.7 Å². The van der Waals surface area contributed by atoms with E-state index < -0.39 is 11.1 Å². The van der Waals surface area contributed by atoms with Crippen LogP contribution in [0.1, 0.15) is 37.3 Å². The summed E-state index contributed by atoms with van der Waals surface area (Å²) in [6.07, 6.45) is 7.78. The Bertz CT molecular complexity index is 1130. The van der Waals surface area contributed by atoms with Crippen LogP contribution >= 0.6 is 11.6 Å². The van der Waals surface area contributed by atoms with Gasteiger partial charge in [-0.1, -0.05) is 11.6 Å². The van der Waals surface area contributed by atoms with E-state index in [0.29, 0.717) is 35.0 Å². The highest BCUT2D eigenvalue weighted by molar-refractivity contribution is 6.31. The Morgan fingerprint density at radius 1 is 1.04 bits per heavy atom. The summed E-state index contributed by atoms with van der Waals surface area (Å²) >= 11 is 6.03. The maximum atomic E-state index is 12.7. The second-order valence-corrected chi connectivity index (χ2v) is 7.56. The molecule has 0 radical (unpaired) electrons. The summed E-state index contributed by atoms with van der Waals surface area (Å²) < 4.78 is 8.68. The molecule has 0 aliphatic heterocycles. The van der Waals surface area contributed by atoms with Gasteiger partial charge < -0.3 is 9.30 Å². The van der Waals surface area contributed by atoms with E-state index in [0.717, 1.165) is 18.4 Å². The lowest BCUT2D eigenvalue weighted by molar-refractivity contribution is 0.122. The van der Waals surface area contributed by atoms with Gasteiger partial charge in [0.25, 0.3) is 0 Å². The summed E-state index contributed by atoms with van der Waals surface area (Å²) in [5, 5.41) is 0.419. The molecular formula is C19H20ClN5O3. The van der Waals surface area contributed by atoms with Gasteiger partial charge in [0.05, 0.1) is 10.5 Å². The molecule has 9 heteroatoms. The molecule has 1 aliphatic rings. The van der Waals surface area contributed by atoms with Crippen LogP contribution < -0.4 is 15.9 Å². The second-order valence-electron chi connectivity index (χ2n) is 7.13. The van der Waals surface area contributed by atoms with Gasteiger partial charge in [-0.15, -0.1) is 0 Å². The molecule has 0 atom stereocenters. The minimum Gasteiger partial charge on any atom is -0.460 e. The quantitative estimate of drug-likeness (QED) is 0.626. The Balaban J connectivity index is 1.59. The van der Waals surface area contributed by atoms with Crippen LogP contribution in [0.15, 0.2) is 34.2 Å². The first kappa shape index (κ1) is 18.6. The van der Waals surface area contributed by atoms with Crippen molar-refractivity contribution in [2.24, 2.45) is 7.05 Å². The zero-order valence-electron chi connectivity index (χ0n) is 15.6. The molecule has 0 spiro atoms. The number of hydrogen-bond acceptors (Lipinski definition) is 6. The summed E-state index contributed by atoms with van der Waals surface area (Å²) in [5.41, 5.74) is 0.853. The van der Waals surface area contributed by atoms with E-state index in [1.807, 2.05) is 6.92 Å². The number of fused-ring (bicyclic) bond motifs is 1. The van der Waals surface area contributed by atoms with E-state index in [1.54, 1.807) is 25.5 Å². The average Bonchev–Trinajstić information content (AvgIpc) is 2.70. The lowest BCUT2D eigenvalue weighted by Gasteiger charge is -2.30. The van der Waals surface area contributed by atoms with Gasteiger partial charge in [0.2, 0.25) is 0 Å². The van der Waals surface area contributed by atoms with Crippen molar-refractivity contribution in [2.45, 2.75) is 44.8 Å². The van der Waals surface area contributed by atoms with Gasteiger partial charge in [-0.25, -0.2) is 15.0 Å². The molecule has 1 fully saturated rings. The largest absolute Gasteiger partial charge is 0.460 e. The van der Waals surface area contributed by atoms with E-state index in [-0.39, 0.29) is 12.1 Å². The van der Waals surface area contributed by atoms with E-state index in [9.17, 15) is 9.59 Å². The van der Waals surface area contributed by atoms with Gasteiger partial charge in [-0.3, -0.25) is 14.2 Å². The number of pyridine rings is 1. The summed E-state index contributed by atoms with van der Waals surface area (Å²) in [6.45, 7) is 1.92. The zero-order valence-corrected chi connectivity index (χ0v) is 16.4. The van der Waals surface area contributed by atoms with Crippen LogP contribution in [-0.4, -0.2) is 30.2 Å². The van der Waals surface area contributed by atoms with E-state index >= 15 is 0 Å². The van der Waals surface area contributed by atoms with E-state index in [4.69, 9.17) is 16.3 Å². The molecule has 0 aromatic carbocycles. The Kier molecular flexibility index (Phi) is 4.89.